The van der Waals surface area contributed by atoms with Gasteiger partial charge in [-0.1, -0.05) is 43.3 Å². The maximum Gasteiger partial charge on any atom is 0.406 e. The van der Waals surface area contributed by atoms with Crippen LogP contribution in [0.3, 0.4) is 0 Å². The van der Waals surface area contributed by atoms with Gasteiger partial charge in [-0.25, -0.2) is 9.18 Å². The molecule has 1 fully saturated rings. The number of alkyl carbamates (subject to hydrolysis) is 1. The third-order valence-corrected chi connectivity index (χ3v) is 7.32. The molecule has 1 saturated heterocycles. The van der Waals surface area contributed by atoms with Crippen LogP contribution in [0.25, 0.3) is 11.1 Å². The summed E-state index contributed by atoms with van der Waals surface area (Å²) < 4.78 is 20.7. The van der Waals surface area contributed by atoms with E-state index in [-0.39, 0.29) is 38.6 Å². The molecule has 39 heavy (non-hydrogen) atoms. The Morgan fingerprint density at radius 3 is 2.72 bits per heavy atom. The molecule has 0 aromatic heterocycles. The van der Waals surface area contributed by atoms with Crippen LogP contribution in [0.1, 0.15) is 43.7 Å². The fourth-order valence-electron chi connectivity index (χ4n) is 5.21. The minimum absolute atomic E-state index is 0.0679. The first-order chi connectivity index (χ1) is 18.7. The zero-order valence-electron chi connectivity index (χ0n) is 22.7. The van der Waals surface area contributed by atoms with Crippen LogP contribution in [-0.4, -0.2) is 67.7 Å². The van der Waals surface area contributed by atoms with Crippen LogP contribution in [0.2, 0.25) is 0 Å². The van der Waals surface area contributed by atoms with Gasteiger partial charge in [-0.2, -0.15) is 0 Å². The van der Waals surface area contributed by atoms with Crippen molar-refractivity contribution in [1.82, 2.24) is 15.5 Å². The largest absolute Gasteiger partial charge is 0.450 e. The van der Waals surface area contributed by atoms with E-state index in [1.165, 1.54) is 13.1 Å². The number of amides is 3. The molecule has 0 radical (unpaired) electrons. The number of nitrogens with zero attached hydrogens (tertiary/aromatic N) is 1. The Hall–Kier alpha value is -3.50. The van der Waals surface area contributed by atoms with Gasteiger partial charge in [0, 0.05) is 31.6 Å². The van der Waals surface area contributed by atoms with Crippen LogP contribution in [0.4, 0.5) is 9.18 Å². The molecule has 0 bridgehead atoms. The molecule has 5 N–H and O–H groups in total. The van der Waals surface area contributed by atoms with Gasteiger partial charge < -0.3 is 31.1 Å². The number of rotatable bonds is 11. The van der Waals surface area contributed by atoms with E-state index >= 15 is 4.39 Å². The molecular weight excluding hydrogens is 503 g/mol. The normalized spacial score (nSPS) is 16.7. The highest BCUT2D eigenvalue weighted by molar-refractivity contribution is 5.85. The fraction of sp³-hybridized carbons (Fsp3) is 0.483. The summed E-state index contributed by atoms with van der Waals surface area (Å²) in [6.07, 6.45) is 1.95. The molecule has 1 aliphatic heterocycles. The van der Waals surface area contributed by atoms with Crippen molar-refractivity contribution in [3.8, 4) is 11.1 Å². The molecular formula is C29H39FN4O5. The summed E-state index contributed by atoms with van der Waals surface area (Å²) in [6.45, 7) is 2.41. The highest BCUT2D eigenvalue weighted by Gasteiger charge is 2.43. The lowest BCUT2D eigenvalue weighted by atomic mass is 9.72. The quantitative estimate of drug-likeness (QED) is 0.323. The Morgan fingerprint density at radius 2 is 2.00 bits per heavy atom. The van der Waals surface area contributed by atoms with Gasteiger partial charge in [0.2, 0.25) is 11.8 Å². The van der Waals surface area contributed by atoms with E-state index in [1.807, 2.05) is 31.2 Å². The standard InChI is InChI=1S/C29H39FN4O5/c1-3-20-8-4-9-21(16-20)27-23(11-5-12-24(27)30)29(38,13-7-15-39-28(37)32-2)22-10-6-14-34(19-22)26(36)18-33-25(35)17-31/h4-5,8-9,11-12,16,22,38H,3,6-7,10,13-15,17-19,31H2,1-2H3,(H,32,37)(H,33,35). The molecule has 0 saturated carbocycles. The van der Waals surface area contributed by atoms with E-state index < -0.39 is 29.3 Å². The monoisotopic (exact) mass is 542 g/mol. The number of hydrogen-bond acceptors (Lipinski definition) is 6. The molecule has 2 atom stereocenters. The molecule has 2 unspecified atom stereocenters. The van der Waals surface area contributed by atoms with Gasteiger partial charge in [-0.15, -0.1) is 0 Å². The molecule has 1 aliphatic rings. The lowest BCUT2D eigenvalue weighted by Crippen LogP contribution is -2.51. The highest BCUT2D eigenvalue weighted by Crippen LogP contribution is 2.44. The Kier molecular flexibility index (Phi) is 10.8. The molecule has 9 nitrogen and oxygen atoms in total. The number of nitrogens with one attached hydrogen (secondary N) is 2. The highest BCUT2D eigenvalue weighted by atomic mass is 19.1. The van der Waals surface area contributed by atoms with Gasteiger partial charge in [-0.3, -0.25) is 9.59 Å². The zero-order chi connectivity index (χ0) is 28.4. The van der Waals surface area contributed by atoms with Crippen molar-refractivity contribution in [3.05, 3.63) is 59.4 Å². The number of carbonyl (C=O) groups excluding carboxylic acids is 3. The second kappa shape index (κ2) is 14.0. The van der Waals surface area contributed by atoms with E-state index in [1.54, 1.807) is 17.0 Å². The number of benzene rings is 2. The van der Waals surface area contributed by atoms with Crippen LogP contribution < -0.4 is 16.4 Å². The molecule has 2 aromatic rings. The third kappa shape index (κ3) is 7.54. The minimum atomic E-state index is -1.52. The lowest BCUT2D eigenvalue weighted by molar-refractivity contribution is -0.137. The van der Waals surface area contributed by atoms with Crippen molar-refractivity contribution in [2.75, 3.05) is 39.8 Å². The van der Waals surface area contributed by atoms with Crippen LogP contribution in [0.15, 0.2) is 42.5 Å². The van der Waals surface area contributed by atoms with Crippen LogP contribution >= 0.6 is 0 Å². The van der Waals surface area contributed by atoms with E-state index in [4.69, 9.17) is 10.5 Å². The average molecular weight is 543 g/mol. The first-order valence-corrected chi connectivity index (χ1v) is 13.4. The summed E-state index contributed by atoms with van der Waals surface area (Å²) in [7, 11) is 1.46. The predicted octanol–water partition coefficient (Wildman–Crippen LogP) is 2.69. The second-order valence-electron chi connectivity index (χ2n) is 9.79. The molecule has 0 aliphatic carbocycles. The number of halogens is 1. The van der Waals surface area contributed by atoms with E-state index in [2.05, 4.69) is 10.6 Å². The molecule has 212 valence electrons. The number of nitrogens with two attached hydrogens (primary N) is 1. The molecule has 10 heteroatoms. The van der Waals surface area contributed by atoms with Crippen molar-refractivity contribution < 1.29 is 28.6 Å². The minimum Gasteiger partial charge on any atom is -0.450 e. The fourth-order valence-corrected chi connectivity index (χ4v) is 5.21. The summed E-state index contributed by atoms with van der Waals surface area (Å²) in [5.41, 5.74) is 6.26. The van der Waals surface area contributed by atoms with E-state index in [0.29, 0.717) is 42.5 Å². The smallest absolute Gasteiger partial charge is 0.406 e. The van der Waals surface area contributed by atoms with E-state index in [9.17, 15) is 19.5 Å². The van der Waals surface area contributed by atoms with Crippen LogP contribution in [0, 0.1) is 11.7 Å². The molecule has 3 rings (SSSR count). The van der Waals surface area contributed by atoms with Gasteiger partial charge in [0.15, 0.2) is 0 Å². The molecule has 0 spiro atoms. The number of piperidine rings is 1. The Morgan fingerprint density at radius 1 is 1.23 bits per heavy atom. The summed E-state index contributed by atoms with van der Waals surface area (Å²) in [5.74, 6) is -1.57. The summed E-state index contributed by atoms with van der Waals surface area (Å²) in [5, 5.41) is 17.3. The lowest BCUT2D eigenvalue weighted by Gasteiger charge is -2.43. The van der Waals surface area contributed by atoms with Crippen molar-refractivity contribution in [3.63, 3.8) is 0 Å². The number of aryl methyl sites for hydroxylation is 1. The van der Waals surface area contributed by atoms with Gasteiger partial charge in [0.1, 0.15) is 5.82 Å². The van der Waals surface area contributed by atoms with Gasteiger partial charge in [-0.05, 0) is 54.9 Å². The molecule has 2 aromatic carbocycles. The maximum absolute atomic E-state index is 15.5. The number of hydrogen-bond donors (Lipinski definition) is 4. The van der Waals surface area contributed by atoms with E-state index in [0.717, 1.165) is 12.0 Å². The molecule has 1 heterocycles. The zero-order valence-corrected chi connectivity index (χ0v) is 22.7. The SMILES string of the molecule is CCc1cccc(-c2c(F)cccc2C(O)(CCCOC(=O)NC)C2CCCN(C(=O)CNC(=O)CN)C2)c1. The van der Waals surface area contributed by atoms with Crippen LogP contribution in [-0.2, 0) is 26.3 Å². The Labute approximate surface area is 228 Å². The Bertz CT molecular complexity index is 1160. The summed E-state index contributed by atoms with van der Waals surface area (Å²) in [6, 6.07) is 12.3. The number of carbonyl (C=O) groups is 3. The predicted molar refractivity (Wildman–Crippen MR) is 146 cm³/mol. The third-order valence-electron chi connectivity index (χ3n) is 7.32. The maximum atomic E-state index is 15.5. The number of likely N-dealkylation sites (tertiary alicyclic amines) is 1. The first-order valence-electron chi connectivity index (χ1n) is 13.4. The number of ether oxygens (including phenoxy) is 1. The van der Waals surface area contributed by atoms with Crippen LogP contribution in [0.5, 0.6) is 0 Å². The van der Waals surface area contributed by atoms with Gasteiger partial charge in [0.25, 0.3) is 0 Å². The second-order valence-corrected chi connectivity index (χ2v) is 9.79. The van der Waals surface area contributed by atoms with Crippen molar-refractivity contribution >= 4 is 17.9 Å². The number of aliphatic hydroxyl groups is 1. The summed E-state index contributed by atoms with van der Waals surface area (Å²) in [4.78, 5) is 37.6. The van der Waals surface area contributed by atoms with Gasteiger partial charge in [0.05, 0.1) is 25.3 Å². The first kappa shape index (κ1) is 30.0. The average Bonchev–Trinajstić information content (AvgIpc) is 2.97. The van der Waals surface area contributed by atoms with Gasteiger partial charge >= 0.3 is 6.09 Å². The topological polar surface area (TPSA) is 134 Å². The Balaban J connectivity index is 1.98. The van der Waals surface area contributed by atoms with Crippen molar-refractivity contribution in [1.29, 1.82) is 0 Å². The van der Waals surface area contributed by atoms with Crippen molar-refractivity contribution in [2.24, 2.45) is 11.7 Å². The summed E-state index contributed by atoms with van der Waals surface area (Å²) >= 11 is 0. The molecule has 3 amide bonds. The van der Waals surface area contributed by atoms with Crippen molar-refractivity contribution in [2.45, 2.75) is 44.6 Å².